The fourth-order valence-corrected chi connectivity index (χ4v) is 10.6. The van der Waals surface area contributed by atoms with Gasteiger partial charge in [-0.2, -0.15) is 0 Å². The van der Waals surface area contributed by atoms with Crippen LogP contribution < -0.4 is 0 Å². The Morgan fingerprint density at radius 3 is 1.20 bits per heavy atom. The Labute approximate surface area is 383 Å². The van der Waals surface area contributed by atoms with Gasteiger partial charge in [-0.3, -0.25) is 4.57 Å². The molecule has 0 saturated carbocycles. The molecular weight excluding hydrogens is 797 g/mol. The molecule has 12 aromatic carbocycles. The number of hydrogen-bond acceptors (Lipinski definition) is 1. The van der Waals surface area contributed by atoms with E-state index in [1.807, 2.05) is 0 Å². The number of rotatable bonds is 6. The Morgan fingerprint density at radius 2 is 0.697 bits per heavy atom. The summed E-state index contributed by atoms with van der Waals surface area (Å²) in [7, 11) is 0. The summed E-state index contributed by atoms with van der Waals surface area (Å²) >= 11 is 0. The SMILES string of the molecule is Cc1ccc(-c2c3ccccc3c(-c3ccc4cc(-c5c6ccccc6c(-c6cccc(-c7nc8ccccc8n7-c7ccccc7)c6)c6ccccc56)ccc4c3)c3ccccc23)cc1. The number of para-hydroxylation sites is 3. The van der Waals surface area contributed by atoms with Crippen LogP contribution in [0.2, 0.25) is 0 Å². The quantitative estimate of drug-likeness (QED) is 0.153. The van der Waals surface area contributed by atoms with E-state index >= 15 is 0 Å². The largest absolute Gasteiger partial charge is 0.292 e. The van der Waals surface area contributed by atoms with E-state index in [1.165, 1.54) is 98.4 Å². The van der Waals surface area contributed by atoms with Gasteiger partial charge in [-0.25, -0.2) is 4.98 Å². The van der Waals surface area contributed by atoms with E-state index in [0.29, 0.717) is 0 Å². The maximum atomic E-state index is 5.23. The second-order valence-corrected chi connectivity index (χ2v) is 17.5. The van der Waals surface area contributed by atoms with Gasteiger partial charge in [-0.05, 0) is 148 Å². The van der Waals surface area contributed by atoms with Crippen LogP contribution in [0.4, 0.5) is 0 Å². The molecule has 1 heterocycles. The van der Waals surface area contributed by atoms with E-state index in [9.17, 15) is 0 Å². The van der Waals surface area contributed by atoms with Crippen molar-refractivity contribution >= 4 is 64.9 Å². The summed E-state index contributed by atoms with van der Waals surface area (Å²) < 4.78 is 2.28. The molecule has 2 heteroatoms. The number of imidazole rings is 1. The minimum absolute atomic E-state index is 0.925. The maximum Gasteiger partial charge on any atom is 0.145 e. The predicted molar refractivity (Wildman–Crippen MR) is 281 cm³/mol. The lowest BCUT2D eigenvalue weighted by molar-refractivity contribution is 1.10. The molecule has 0 saturated heterocycles. The van der Waals surface area contributed by atoms with Gasteiger partial charge in [0, 0.05) is 11.3 Å². The van der Waals surface area contributed by atoms with Crippen molar-refractivity contribution in [2.45, 2.75) is 6.92 Å². The molecular formula is C64H42N2. The van der Waals surface area contributed by atoms with Crippen LogP contribution in [0.15, 0.2) is 237 Å². The zero-order chi connectivity index (χ0) is 43.7. The highest BCUT2D eigenvalue weighted by molar-refractivity contribution is 6.23. The summed E-state index contributed by atoms with van der Waals surface area (Å²) in [4.78, 5) is 5.23. The van der Waals surface area contributed by atoms with E-state index in [0.717, 1.165) is 33.7 Å². The van der Waals surface area contributed by atoms with Crippen molar-refractivity contribution in [1.82, 2.24) is 9.55 Å². The molecule has 0 aliphatic heterocycles. The first-order valence-electron chi connectivity index (χ1n) is 22.8. The Morgan fingerprint density at radius 1 is 0.303 bits per heavy atom. The second kappa shape index (κ2) is 15.3. The van der Waals surface area contributed by atoms with Crippen LogP contribution in [-0.2, 0) is 0 Å². The van der Waals surface area contributed by atoms with Crippen LogP contribution in [-0.4, -0.2) is 9.55 Å². The Balaban J connectivity index is 0.959. The minimum Gasteiger partial charge on any atom is -0.292 e. The van der Waals surface area contributed by atoms with Gasteiger partial charge in [0.05, 0.1) is 11.0 Å². The van der Waals surface area contributed by atoms with Crippen molar-refractivity contribution in [2.75, 3.05) is 0 Å². The maximum absolute atomic E-state index is 5.23. The van der Waals surface area contributed by atoms with E-state index < -0.39 is 0 Å². The summed E-state index contributed by atoms with van der Waals surface area (Å²) in [5.41, 5.74) is 15.4. The molecule has 0 N–H and O–H groups in total. The number of fused-ring (bicyclic) bond motifs is 6. The topological polar surface area (TPSA) is 17.8 Å². The number of aryl methyl sites for hydroxylation is 1. The number of benzene rings is 12. The third kappa shape index (κ3) is 6.07. The summed E-state index contributed by atoms with van der Waals surface area (Å²) in [5, 5.41) is 12.4. The molecule has 0 atom stereocenters. The number of hydrogen-bond donors (Lipinski definition) is 0. The van der Waals surface area contributed by atoms with Gasteiger partial charge in [0.2, 0.25) is 0 Å². The molecule has 0 aliphatic rings. The summed E-state index contributed by atoms with van der Waals surface area (Å²) in [5.74, 6) is 0.925. The normalized spacial score (nSPS) is 11.7. The molecule has 2 nitrogen and oxygen atoms in total. The Hall–Kier alpha value is -8.59. The Bertz CT molecular complexity index is 3930. The van der Waals surface area contributed by atoms with E-state index in [2.05, 4.69) is 248 Å². The average molecular weight is 839 g/mol. The molecule has 13 aromatic rings. The number of aromatic nitrogens is 2. The first-order chi connectivity index (χ1) is 32.7. The third-order valence-corrected chi connectivity index (χ3v) is 13.6. The molecule has 0 unspecified atom stereocenters. The van der Waals surface area contributed by atoms with Gasteiger partial charge in [0.15, 0.2) is 0 Å². The van der Waals surface area contributed by atoms with Crippen LogP contribution in [0.1, 0.15) is 5.56 Å². The number of nitrogens with zero attached hydrogens (tertiary/aromatic N) is 2. The highest BCUT2D eigenvalue weighted by Crippen LogP contribution is 2.47. The third-order valence-electron chi connectivity index (χ3n) is 13.6. The fraction of sp³-hybridized carbons (Fsp3) is 0.0156. The highest BCUT2D eigenvalue weighted by atomic mass is 15.1. The van der Waals surface area contributed by atoms with Gasteiger partial charge >= 0.3 is 0 Å². The molecule has 308 valence electrons. The highest BCUT2D eigenvalue weighted by Gasteiger charge is 2.21. The molecule has 0 fully saturated rings. The van der Waals surface area contributed by atoms with Crippen molar-refractivity contribution in [3.8, 4) is 61.6 Å². The minimum atomic E-state index is 0.925. The molecule has 0 radical (unpaired) electrons. The predicted octanol–water partition coefficient (Wildman–Crippen LogP) is 17.4. The molecule has 13 rings (SSSR count). The summed E-state index contributed by atoms with van der Waals surface area (Å²) in [6.07, 6.45) is 0. The van der Waals surface area contributed by atoms with Crippen molar-refractivity contribution in [3.05, 3.63) is 242 Å². The lowest BCUT2D eigenvalue weighted by Gasteiger charge is -2.19. The van der Waals surface area contributed by atoms with Crippen molar-refractivity contribution in [2.24, 2.45) is 0 Å². The lowest BCUT2D eigenvalue weighted by Crippen LogP contribution is -1.97. The van der Waals surface area contributed by atoms with Gasteiger partial charge in [0.1, 0.15) is 5.82 Å². The standard InChI is InChI=1S/C64H42N2/c1-41-30-32-42(33-31-41)60-50-20-5-7-22-52(50)62(53-23-8-6-21-51(53)60)46-36-34-44-39-47(37-35-43(44)38-46)63-56-26-11-9-24-54(56)61(55-25-10-12-27-57(55)63)45-16-15-17-48(40-45)64-65-58-28-13-14-29-59(58)66(64)49-18-3-2-4-19-49/h2-40H,1H3. The van der Waals surface area contributed by atoms with Gasteiger partial charge in [-0.1, -0.05) is 200 Å². The van der Waals surface area contributed by atoms with Crippen LogP contribution in [0, 0.1) is 6.92 Å². The Kier molecular flexibility index (Phi) is 8.79. The van der Waals surface area contributed by atoms with Gasteiger partial charge in [-0.15, -0.1) is 0 Å². The average Bonchev–Trinajstić information content (AvgIpc) is 3.77. The lowest BCUT2D eigenvalue weighted by atomic mass is 9.84. The van der Waals surface area contributed by atoms with E-state index in [-0.39, 0.29) is 0 Å². The smallest absolute Gasteiger partial charge is 0.145 e. The second-order valence-electron chi connectivity index (χ2n) is 17.5. The van der Waals surface area contributed by atoms with Gasteiger partial charge < -0.3 is 0 Å². The monoisotopic (exact) mass is 838 g/mol. The van der Waals surface area contributed by atoms with Crippen LogP contribution in [0.3, 0.4) is 0 Å². The van der Waals surface area contributed by atoms with Crippen molar-refractivity contribution < 1.29 is 0 Å². The molecule has 0 aliphatic carbocycles. The van der Waals surface area contributed by atoms with Crippen LogP contribution >= 0.6 is 0 Å². The molecule has 0 amide bonds. The molecule has 0 spiro atoms. The van der Waals surface area contributed by atoms with Gasteiger partial charge in [0.25, 0.3) is 0 Å². The first kappa shape index (κ1) is 37.9. The van der Waals surface area contributed by atoms with Crippen molar-refractivity contribution in [3.63, 3.8) is 0 Å². The molecule has 66 heavy (non-hydrogen) atoms. The van der Waals surface area contributed by atoms with Crippen molar-refractivity contribution in [1.29, 1.82) is 0 Å². The molecule has 0 bridgehead atoms. The van der Waals surface area contributed by atoms with E-state index in [4.69, 9.17) is 4.98 Å². The van der Waals surface area contributed by atoms with E-state index in [1.54, 1.807) is 0 Å². The first-order valence-corrected chi connectivity index (χ1v) is 22.8. The van der Waals surface area contributed by atoms with Crippen LogP contribution in [0.25, 0.3) is 126 Å². The summed E-state index contributed by atoms with van der Waals surface area (Å²) in [6.45, 7) is 2.15. The van der Waals surface area contributed by atoms with Crippen LogP contribution in [0.5, 0.6) is 0 Å². The zero-order valence-electron chi connectivity index (χ0n) is 36.4. The summed E-state index contributed by atoms with van der Waals surface area (Å²) in [6, 6.07) is 86.6. The molecule has 1 aromatic heterocycles. The zero-order valence-corrected chi connectivity index (χ0v) is 36.4. The fourth-order valence-electron chi connectivity index (χ4n) is 10.6.